The summed E-state index contributed by atoms with van der Waals surface area (Å²) < 4.78 is 0. The zero-order valence-corrected chi connectivity index (χ0v) is 11.0. The molecular formula is C14H21NS. The molecule has 1 aromatic rings. The van der Waals surface area contributed by atoms with E-state index in [2.05, 4.69) is 31.3 Å². The first-order chi connectivity index (χ1) is 7.74. The van der Waals surface area contributed by atoms with Crippen molar-refractivity contribution in [3.63, 3.8) is 0 Å². The maximum atomic E-state index is 3.88. The minimum Gasteiger partial charge on any atom is -0.306 e. The lowest BCUT2D eigenvalue weighted by Gasteiger charge is -2.22. The molecule has 1 N–H and O–H groups in total. The standard InChI is InChI=1S/C14H21NS/c1-9-3-8-13(16-9)10(2)15-14(11-4-5-11)12-6-7-12/h3,8,10-12,14-15H,4-7H2,1-2H3. The molecule has 88 valence electrons. The summed E-state index contributed by atoms with van der Waals surface area (Å²) in [5.41, 5.74) is 0. The summed E-state index contributed by atoms with van der Waals surface area (Å²) >= 11 is 1.94. The molecule has 2 heteroatoms. The molecule has 0 aliphatic heterocycles. The fourth-order valence-corrected chi connectivity index (χ4v) is 3.51. The van der Waals surface area contributed by atoms with Crippen LogP contribution in [-0.4, -0.2) is 6.04 Å². The molecule has 1 aromatic heterocycles. The van der Waals surface area contributed by atoms with E-state index in [9.17, 15) is 0 Å². The van der Waals surface area contributed by atoms with E-state index in [-0.39, 0.29) is 0 Å². The van der Waals surface area contributed by atoms with Gasteiger partial charge >= 0.3 is 0 Å². The largest absolute Gasteiger partial charge is 0.306 e. The molecule has 1 unspecified atom stereocenters. The molecule has 2 aliphatic carbocycles. The average molecular weight is 235 g/mol. The van der Waals surface area contributed by atoms with Gasteiger partial charge in [0.2, 0.25) is 0 Å². The van der Waals surface area contributed by atoms with E-state index in [0.29, 0.717) is 6.04 Å². The molecule has 16 heavy (non-hydrogen) atoms. The van der Waals surface area contributed by atoms with E-state index in [0.717, 1.165) is 17.9 Å². The summed E-state index contributed by atoms with van der Waals surface area (Å²) in [5.74, 6) is 1.99. The number of aryl methyl sites for hydroxylation is 1. The van der Waals surface area contributed by atoms with Gasteiger partial charge in [0.05, 0.1) is 0 Å². The van der Waals surface area contributed by atoms with Crippen molar-refractivity contribution in [3.05, 3.63) is 21.9 Å². The molecule has 0 radical (unpaired) electrons. The second kappa shape index (κ2) is 4.15. The van der Waals surface area contributed by atoms with Gasteiger partial charge in [-0.15, -0.1) is 11.3 Å². The van der Waals surface area contributed by atoms with Crippen LogP contribution in [0.25, 0.3) is 0 Å². The zero-order chi connectivity index (χ0) is 11.1. The third kappa shape index (κ3) is 2.33. The molecule has 1 atom stereocenters. The van der Waals surface area contributed by atoms with E-state index in [1.54, 1.807) is 0 Å². The smallest absolute Gasteiger partial charge is 0.0388 e. The van der Waals surface area contributed by atoms with Crippen molar-refractivity contribution in [1.82, 2.24) is 5.32 Å². The van der Waals surface area contributed by atoms with Gasteiger partial charge in [-0.05, 0) is 63.5 Å². The van der Waals surface area contributed by atoms with Gasteiger partial charge in [-0.2, -0.15) is 0 Å². The maximum Gasteiger partial charge on any atom is 0.0388 e. The van der Waals surface area contributed by atoms with Crippen LogP contribution >= 0.6 is 11.3 Å². The lowest BCUT2D eigenvalue weighted by molar-refractivity contribution is 0.380. The number of hydrogen-bond acceptors (Lipinski definition) is 2. The summed E-state index contributed by atoms with van der Waals surface area (Å²) in [5, 5.41) is 3.88. The van der Waals surface area contributed by atoms with Gasteiger partial charge in [-0.1, -0.05) is 0 Å². The van der Waals surface area contributed by atoms with E-state index >= 15 is 0 Å². The van der Waals surface area contributed by atoms with Crippen molar-refractivity contribution in [3.8, 4) is 0 Å². The fraction of sp³-hybridized carbons (Fsp3) is 0.714. The first-order valence-corrected chi connectivity index (χ1v) is 7.38. The average Bonchev–Trinajstić information content (AvgIpc) is 3.14. The normalized spacial score (nSPS) is 22.7. The Labute approximate surface area is 102 Å². The monoisotopic (exact) mass is 235 g/mol. The van der Waals surface area contributed by atoms with Crippen LogP contribution in [0.5, 0.6) is 0 Å². The van der Waals surface area contributed by atoms with Gasteiger partial charge in [-0.25, -0.2) is 0 Å². The van der Waals surface area contributed by atoms with Gasteiger partial charge in [-0.3, -0.25) is 0 Å². The molecule has 0 amide bonds. The zero-order valence-electron chi connectivity index (χ0n) is 10.2. The third-order valence-corrected chi connectivity index (χ3v) is 5.07. The van der Waals surface area contributed by atoms with Crippen molar-refractivity contribution in [1.29, 1.82) is 0 Å². The Balaban J connectivity index is 1.63. The molecule has 1 nitrogen and oxygen atoms in total. The minimum absolute atomic E-state index is 0.546. The second-order valence-corrected chi connectivity index (χ2v) is 6.86. The van der Waals surface area contributed by atoms with Crippen LogP contribution in [0.3, 0.4) is 0 Å². The summed E-state index contributed by atoms with van der Waals surface area (Å²) in [6.45, 7) is 4.52. The molecule has 0 saturated heterocycles. The predicted octanol–water partition coefficient (Wildman–Crippen LogP) is 3.90. The highest BCUT2D eigenvalue weighted by atomic mass is 32.1. The Morgan fingerprint density at radius 2 is 1.81 bits per heavy atom. The van der Waals surface area contributed by atoms with Crippen LogP contribution < -0.4 is 5.32 Å². The van der Waals surface area contributed by atoms with Crippen molar-refractivity contribution < 1.29 is 0 Å². The van der Waals surface area contributed by atoms with E-state index in [4.69, 9.17) is 0 Å². The lowest BCUT2D eigenvalue weighted by Crippen LogP contribution is -2.34. The Morgan fingerprint density at radius 1 is 1.19 bits per heavy atom. The van der Waals surface area contributed by atoms with Crippen molar-refractivity contribution in [2.24, 2.45) is 11.8 Å². The van der Waals surface area contributed by atoms with Gasteiger partial charge in [0, 0.05) is 21.8 Å². The van der Waals surface area contributed by atoms with Crippen LogP contribution in [0.15, 0.2) is 12.1 Å². The summed E-state index contributed by atoms with van der Waals surface area (Å²) in [6, 6.07) is 5.89. The lowest BCUT2D eigenvalue weighted by atomic mass is 10.1. The molecule has 3 rings (SSSR count). The molecule has 2 saturated carbocycles. The van der Waals surface area contributed by atoms with E-state index < -0.39 is 0 Å². The number of thiophene rings is 1. The molecule has 0 spiro atoms. The molecule has 0 bridgehead atoms. The highest BCUT2D eigenvalue weighted by Crippen LogP contribution is 2.45. The van der Waals surface area contributed by atoms with Crippen molar-refractivity contribution in [2.45, 2.75) is 51.6 Å². The maximum absolute atomic E-state index is 3.88. The van der Waals surface area contributed by atoms with Crippen LogP contribution in [0.1, 0.15) is 48.4 Å². The number of hydrogen-bond donors (Lipinski definition) is 1. The summed E-state index contributed by atoms with van der Waals surface area (Å²) in [7, 11) is 0. The summed E-state index contributed by atoms with van der Waals surface area (Å²) in [4.78, 5) is 2.93. The molecule has 2 aliphatic rings. The Morgan fingerprint density at radius 3 is 2.25 bits per heavy atom. The van der Waals surface area contributed by atoms with Gasteiger partial charge < -0.3 is 5.32 Å². The second-order valence-electron chi connectivity index (χ2n) is 5.54. The Kier molecular flexibility index (Phi) is 2.80. The van der Waals surface area contributed by atoms with Gasteiger partial charge in [0.15, 0.2) is 0 Å². The molecule has 1 heterocycles. The fourth-order valence-electron chi connectivity index (χ4n) is 2.62. The minimum atomic E-state index is 0.546. The third-order valence-electron chi connectivity index (χ3n) is 3.89. The summed E-state index contributed by atoms with van der Waals surface area (Å²) in [6.07, 6.45) is 5.85. The van der Waals surface area contributed by atoms with Crippen molar-refractivity contribution >= 4 is 11.3 Å². The SMILES string of the molecule is Cc1ccc(C(C)NC(C2CC2)C2CC2)s1. The highest BCUT2D eigenvalue weighted by molar-refractivity contribution is 7.12. The highest BCUT2D eigenvalue weighted by Gasteiger charge is 2.41. The first-order valence-electron chi connectivity index (χ1n) is 6.56. The number of rotatable bonds is 5. The molecule has 2 fully saturated rings. The Bertz CT molecular complexity index is 351. The van der Waals surface area contributed by atoms with Crippen molar-refractivity contribution in [2.75, 3.05) is 0 Å². The topological polar surface area (TPSA) is 12.0 Å². The van der Waals surface area contributed by atoms with Crippen LogP contribution in [-0.2, 0) is 0 Å². The number of nitrogens with one attached hydrogen (secondary N) is 1. The van der Waals surface area contributed by atoms with E-state index in [1.807, 2.05) is 11.3 Å². The van der Waals surface area contributed by atoms with Crippen LogP contribution in [0.4, 0.5) is 0 Å². The van der Waals surface area contributed by atoms with Crippen LogP contribution in [0.2, 0.25) is 0 Å². The van der Waals surface area contributed by atoms with Crippen LogP contribution in [0, 0.1) is 18.8 Å². The predicted molar refractivity (Wildman–Crippen MR) is 69.8 cm³/mol. The molecule has 0 aromatic carbocycles. The Hall–Kier alpha value is -0.340. The van der Waals surface area contributed by atoms with Gasteiger partial charge in [0.25, 0.3) is 0 Å². The van der Waals surface area contributed by atoms with E-state index in [1.165, 1.54) is 35.4 Å². The van der Waals surface area contributed by atoms with Gasteiger partial charge in [0.1, 0.15) is 0 Å². The molecular weight excluding hydrogens is 214 g/mol. The first kappa shape index (κ1) is 10.8. The quantitative estimate of drug-likeness (QED) is 0.816.